The van der Waals surface area contributed by atoms with Crippen molar-refractivity contribution in [2.24, 2.45) is 13.0 Å². The Morgan fingerprint density at radius 3 is 2.85 bits per heavy atom. The minimum atomic E-state index is 0.277. The predicted octanol–water partition coefficient (Wildman–Crippen LogP) is 2.56. The van der Waals surface area contributed by atoms with Crippen LogP contribution in [0.4, 0.5) is 0 Å². The van der Waals surface area contributed by atoms with Gasteiger partial charge in [-0.1, -0.05) is 18.2 Å². The number of nitrogens with one attached hydrogen (secondary N) is 1. The zero-order valence-corrected chi connectivity index (χ0v) is 11.9. The van der Waals surface area contributed by atoms with E-state index in [9.17, 15) is 4.79 Å². The minimum absolute atomic E-state index is 0.277. The lowest BCUT2D eigenvalue weighted by Crippen LogP contribution is -2.39. The Kier molecular flexibility index (Phi) is 2.62. The van der Waals surface area contributed by atoms with Gasteiger partial charge in [-0.3, -0.25) is 4.79 Å². The third kappa shape index (κ3) is 1.84. The van der Waals surface area contributed by atoms with Crippen LogP contribution in [0.5, 0.6) is 0 Å². The summed E-state index contributed by atoms with van der Waals surface area (Å²) in [5.74, 6) is 0.586. The van der Waals surface area contributed by atoms with Crippen LogP contribution in [-0.4, -0.2) is 16.5 Å². The van der Waals surface area contributed by atoms with Crippen LogP contribution < -0.4 is 5.32 Å². The molecule has 0 saturated heterocycles. The van der Waals surface area contributed by atoms with Crippen LogP contribution in [0, 0.1) is 5.92 Å². The van der Waals surface area contributed by atoms with Gasteiger partial charge in [0.2, 0.25) is 5.91 Å². The summed E-state index contributed by atoms with van der Waals surface area (Å²) in [5.41, 5.74) is 4.20. The number of carbonyl (C=O) groups excluding carboxylic acids is 1. The van der Waals surface area contributed by atoms with E-state index in [2.05, 4.69) is 41.2 Å². The SMILES string of the molecule is Cn1c2c(c3ccccc31)CC(NC(=O)C1CC1)CC2. The maximum absolute atomic E-state index is 11.9. The summed E-state index contributed by atoms with van der Waals surface area (Å²) in [7, 11) is 2.16. The molecule has 104 valence electrons. The first kappa shape index (κ1) is 12.0. The molecule has 1 N–H and O–H groups in total. The van der Waals surface area contributed by atoms with Gasteiger partial charge in [0, 0.05) is 35.6 Å². The fourth-order valence-corrected chi connectivity index (χ4v) is 3.52. The summed E-state index contributed by atoms with van der Waals surface area (Å²) in [6, 6.07) is 8.92. The number of nitrogens with zero attached hydrogens (tertiary/aromatic N) is 1. The van der Waals surface area contributed by atoms with Gasteiger partial charge < -0.3 is 9.88 Å². The second-order valence-electron chi connectivity index (χ2n) is 6.22. The zero-order valence-electron chi connectivity index (χ0n) is 11.9. The Labute approximate surface area is 119 Å². The highest BCUT2D eigenvalue weighted by Gasteiger charge is 2.32. The van der Waals surface area contributed by atoms with E-state index in [4.69, 9.17) is 0 Å². The molecule has 2 aliphatic rings. The van der Waals surface area contributed by atoms with Gasteiger partial charge in [-0.05, 0) is 43.7 Å². The van der Waals surface area contributed by atoms with Gasteiger partial charge >= 0.3 is 0 Å². The Hall–Kier alpha value is -1.77. The fourth-order valence-electron chi connectivity index (χ4n) is 3.52. The lowest BCUT2D eigenvalue weighted by atomic mass is 9.91. The van der Waals surface area contributed by atoms with Gasteiger partial charge in [-0.25, -0.2) is 0 Å². The third-order valence-electron chi connectivity index (χ3n) is 4.82. The molecule has 1 unspecified atom stereocenters. The molecular weight excluding hydrogens is 248 g/mol. The van der Waals surface area contributed by atoms with Crippen molar-refractivity contribution in [3.8, 4) is 0 Å². The molecule has 1 heterocycles. The summed E-state index contributed by atoms with van der Waals surface area (Å²) < 4.78 is 2.32. The summed E-state index contributed by atoms with van der Waals surface area (Å²) >= 11 is 0. The molecule has 3 heteroatoms. The molecule has 1 aromatic heterocycles. The number of hydrogen-bond donors (Lipinski definition) is 1. The van der Waals surface area contributed by atoms with Crippen LogP contribution in [0.1, 0.15) is 30.5 Å². The zero-order chi connectivity index (χ0) is 13.7. The Balaban J connectivity index is 1.64. The topological polar surface area (TPSA) is 34.0 Å². The van der Waals surface area contributed by atoms with Crippen LogP contribution in [0.3, 0.4) is 0 Å². The second kappa shape index (κ2) is 4.37. The molecule has 0 spiro atoms. The lowest BCUT2D eigenvalue weighted by molar-refractivity contribution is -0.123. The Bertz CT molecular complexity index is 682. The first-order valence-corrected chi connectivity index (χ1v) is 7.59. The number of aryl methyl sites for hydroxylation is 1. The highest BCUT2D eigenvalue weighted by Crippen LogP contribution is 2.33. The summed E-state index contributed by atoms with van der Waals surface area (Å²) in [6.07, 6.45) is 5.27. The highest BCUT2D eigenvalue weighted by atomic mass is 16.2. The molecule has 0 radical (unpaired) electrons. The molecule has 1 atom stereocenters. The van der Waals surface area contributed by atoms with E-state index in [0.717, 1.165) is 32.1 Å². The number of hydrogen-bond acceptors (Lipinski definition) is 1. The van der Waals surface area contributed by atoms with E-state index in [1.165, 1.54) is 22.2 Å². The summed E-state index contributed by atoms with van der Waals surface area (Å²) in [4.78, 5) is 11.9. The molecule has 1 saturated carbocycles. The van der Waals surface area contributed by atoms with Crippen molar-refractivity contribution in [1.82, 2.24) is 9.88 Å². The second-order valence-corrected chi connectivity index (χ2v) is 6.22. The average molecular weight is 268 g/mol. The fraction of sp³-hybridized carbons (Fsp3) is 0.471. The number of carbonyl (C=O) groups is 1. The van der Waals surface area contributed by atoms with Crippen LogP contribution in [0.2, 0.25) is 0 Å². The molecule has 20 heavy (non-hydrogen) atoms. The van der Waals surface area contributed by atoms with Crippen LogP contribution in [0.15, 0.2) is 24.3 Å². The normalized spacial score (nSPS) is 21.8. The van der Waals surface area contributed by atoms with Crippen molar-refractivity contribution in [3.63, 3.8) is 0 Å². The lowest BCUT2D eigenvalue weighted by Gasteiger charge is -2.24. The Morgan fingerprint density at radius 2 is 2.05 bits per heavy atom. The van der Waals surface area contributed by atoms with Crippen LogP contribution in [0.25, 0.3) is 10.9 Å². The Morgan fingerprint density at radius 1 is 1.25 bits per heavy atom. The smallest absolute Gasteiger partial charge is 0.223 e. The minimum Gasteiger partial charge on any atom is -0.353 e. The average Bonchev–Trinajstić information content (AvgIpc) is 3.28. The van der Waals surface area contributed by atoms with Gasteiger partial charge in [0.05, 0.1) is 0 Å². The van der Waals surface area contributed by atoms with Crippen molar-refractivity contribution in [2.45, 2.75) is 38.1 Å². The number of fused-ring (bicyclic) bond motifs is 3. The van der Waals surface area contributed by atoms with Gasteiger partial charge in [-0.2, -0.15) is 0 Å². The van der Waals surface area contributed by atoms with Crippen molar-refractivity contribution in [3.05, 3.63) is 35.5 Å². The molecule has 0 bridgehead atoms. The molecule has 3 nitrogen and oxygen atoms in total. The van der Waals surface area contributed by atoms with Crippen molar-refractivity contribution < 1.29 is 4.79 Å². The first-order chi connectivity index (χ1) is 9.74. The summed E-state index contributed by atoms with van der Waals surface area (Å²) in [6.45, 7) is 0. The van der Waals surface area contributed by atoms with Gasteiger partial charge in [0.25, 0.3) is 0 Å². The number of rotatable bonds is 2. The molecule has 2 aliphatic carbocycles. The first-order valence-electron chi connectivity index (χ1n) is 7.59. The standard InChI is InChI=1S/C17H20N2O/c1-19-15-5-3-2-4-13(15)14-10-12(8-9-16(14)19)18-17(20)11-6-7-11/h2-5,11-12H,6-10H2,1H3,(H,18,20). The van der Waals surface area contributed by atoms with Gasteiger partial charge in [-0.15, -0.1) is 0 Å². The number of para-hydroxylation sites is 1. The predicted molar refractivity (Wildman–Crippen MR) is 79.6 cm³/mol. The maximum Gasteiger partial charge on any atom is 0.223 e. The van der Waals surface area contributed by atoms with Crippen molar-refractivity contribution in [2.75, 3.05) is 0 Å². The number of aromatic nitrogens is 1. The molecule has 1 aromatic carbocycles. The van der Waals surface area contributed by atoms with E-state index in [1.807, 2.05) is 0 Å². The van der Waals surface area contributed by atoms with Gasteiger partial charge in [0.15, 0.2) is 0 Å². The van der Waals surface area contributed by atoms with E-state index >= 15 is 0 Å². The van der Waals surface area contributed by atoms with Crippen molar-refractivity contribution in [1.29, 1.82) is 0 Å². The molecule has 1 fully saturated rings. The molecule has 1 amide bonds. The quantitative estimate of drug-likeness (QED) is 0.892. The van der Waals surface area contributed by atoms with E-state index < -0.39 is 0 Å². The van der Waals surface area contributed by atoms with Crippen LogP contribution >= 0.6 is 0 Å². The van der Waals surface area contributed by atoms with E-state index in [-0.39, 0.29) is 5.91 Å². The van der Waals surface area contributed by atoms with Crippen molar-refractivity contribution >= 4 is 16.8 Å². The van der Waals surface area contributed by atoms with Crippen LogP contribution in [-0.2, 0) is 24.7 Å². The van der Waals surface area contributed by atoms with Gasteiger partial charge in [0.1, 0.15) is 0 Å². The van der Waals surface area contributed by atoms with E-state index in [0.29, 0.717) is 12.0 Å². The maximum atomic E-state index is 11.9. The third-order valence-corrected chi connectivity index (χ3v) is 4.82. The van der Waals surface area contributed by atoms with E-state index in [1.54, 1.807) is 0 Å². The molecular formula is C17H20N2O. The number of amides is 1. The highest BCUT2D eigenvalue weighted by molar-refractivity contribution is 5.86. The monoisotopic (exact) mass is 268 g/mol. The largest absolute Gasteiger partial charge is 0.353 e. The summed E-state index contributed by atoms with van der Waals surface area (Å²) in [5, 5.41) is 4.60. The number of benzene rings is 1. The molecule has 0 aliphatic heterocycles. The molecule has 2 aromatic rings. The molecule has 4 rings (SSSR count).